The molecule has 1 heterocycles. The second kappa shape index (κ2) is 5.67. The first kappa shape index (κ1) is 12.6. The van der Waals surface area contributed by atoms with E-state index in [0.717, 1.165) is 10.6 Å². The molecule has 0 spiro atoms. The van der Waals surface area contributed by atoms with Crippen LogP contribution in [0, 0.1) is 0 Å². The minimum Gasteiger partial charge on any atom is -0.323 e. The van der Waals surface area contributed by atoms with Gasteiger partial charge >= 0.3 is 0 Å². The van der Waals surface area contributed by atoms with Gasteiger partial charge in [0.05, 0.1) is 0 Å². The zero-order valence-electron chi connectivity index (χ0n) is 9.23. The summed E-state index contributed by atoms with van der Waals surface area (Å²) in [5.41, 5.74) is 7.49. The summed E-state index contributed by atoms with van der Waals surface area (Å²) in [5, 5.41) is 1.89. The summed E-state index contributed by atoms with van der Waals surface area (Å²) in [5.74, 6) is 2.44. The molecule has 1 fully saturated rings. The maximum atomic E-state index is 6.34. The van der Waals surface area contributed by atoms with Gasteiger partial charge in [-0.3, -0.25) is 0 Å². The lowest BCUT2D eigenvalue weighted by atomic mass is 10.0. The van der Waals surface area contributed by atoms with Crippen molar-refractivity contribution in [2.24, 2.45) is 5.73 Å². The van der Waals surface area contributed by atoms with Crippen molar-refractivity contribution in [3.8, 4) is 0 Å². The van der Waals surface area contributed by atoms with Crippen LogP contribution in [0.5, 0.6) is 0 Å². The van der Waals surface area contributed by atoms with Gasteiger partial charge < -0.3 is 5.73 Å². The predicted molar refractivity (Wildman–Crippen MR) is 76.5 cm³/mol. The average molecular weight is 274 g/mol. The van der Waals surface area contributed by atoms with Gasteiger partial charge in [0.1, 0.15) is 0 Å². The molecule has 1 nitrogen and oxygen atoms in total. The molecule has 1 aromatic rings. The molecular formula is C12H16ClNS2. The molecule has 0 bridgehead atoms. The third kappa shape index (κ3) is 2.89. The minimum absolute atomic E-state index is 0.0894. The Morgan fingerprint density at radius 3 is 2.81 bits per heavy atom. The predicted octanol–water partition coefficient (Wildman–Crippen LogP) is 3.58. The van der Waals surface area contributed by atoms with Crippen LogP contribution in [-0.2, 0) is 0 Å². The Labute approximate surface area is 111 Å². The molecule has 3 unspecified atom stereocenters. The highest BCUT2D eigenvalue weighted by molar-refractivity contribution is 8.07. The molecule has 0 saturated carbocycles. The van der Waals surface area contributed by atoms with Crippen LogP contribution in [0.2, 0.25) is 5.02 Å². The first-order valence-electron chi connectivity index (χ1n) is 5.43. The Hall–Kier alpha value is 0.170. The number of halogens is 1. The summed E-state index contributed by atoms with van der Waals surface area (Å²) in [6, 6.07) is 8.01. The molecule has 2 N–H and O–H groups in total. The summed E-state index contributed by atoms with van der Waals surface area (Å²) in [4.78, 5) is 0. The Kier molecular flexibility index (Phi) is 4.48. The Morgan fingerprint density at radius 2 is 2.12 bits per heavy atom. The van der Waals surface area contributed by atoms with Crippen molar-refractivity contribution in [3.05, 3.63) is 34.9 Å². The molecule has 1 aromatic carbocycles. The van der Waals surface area contributed by atoms with Crippen LogP contribution in [0.25, 0.3) is 0 Å². The van der Waals surface area contributed by atoms with E-state index in [9.17, 15) is 0 Å². The molecule has 1 aliphatic heterocycles. The fourth-order valence-electron chi connectivity index (χ4n) is 1.95. The zero-order chi connectivity index (χ0) is 11.5. The summed E-state index contributed by atoms with van der Waals surface area (Å²) >= 11 is 10.0. The average Bonchev–Trinajstić information content (AvgIpc) is 2.29. The molecule has 1 aliphatic rings. The van der Waals surface area contributed by atoms with E-state index < -0.39 is 0 Å². The van der Waals surface area contributed by atoms with Crippen LogP contribution in [-0.4, -0.2) is 22.0 Å². The molecule has 0 aliphatic carbocycles. The lowest BCUT2D eigenvalue weighted by molar-refractivity contribution is 0.664. The van der Waals surface area contributed by atoms with Crippen molar-refractivity contribution in [2.45, 2.75) is 23.5 Å². The Morgan fingerprint density at radius 1 is 1.38 bits per heavy atom. The zero-order valence-corrected chi connectivity index (χ0v) is 11.6. The van der Waals surface area contributed by atoms with Gasteiger partial charge in [0.15, 0.2) is 0 Å². The number of hydrogen-bond donors (Lipinski definition) is 1. The number of hydrogen-bond acceptors (Lipinski definition) is 3. The van der Waals surface area contributed by atoms with E-state index in [1.165, 1.54) is 11.5 Å². The second-order valence-electron chi connectivity index (χ2n) is 3.99. The molecule has 88 valence electrons. The number of rotatable bonds is 2. The highest BCUT2D eigenvalue weighted by atomic mass is 35.5. The fraction of sp³-hybridized carbons (Fsp3) is 0.500. The summed E-state index contributed by atoms with van der Waals surface area (Å²) in [6.45, 7) is 2.27. The van der Waals surface area contributed by atoms with Crippen LogP contribution in [0.1, 0.15) is 18.5 Å². The first-order valence-corrected chi connectivity index (χ1v) is 7.90. The molecule has 1 saturated heterocycles. The third-order valence-corrected chi connectivity index (χ3v) is 6.28. The Balaban J connectivity index is 2.14. The lowest BCUT2D eigenvalue weighted by Crippen LogP contribution is -2.34. The van der Waals surface area contributed by atoms with E-state index in [-0.39, 0.29) is 6.04 Å². The highest BCUT2D eigenvalue weighted by Crippen LogP contribution is 2.37. The van der Waals surface area contributed by atoms with Gasteiger partial charge in [-0.05, 0) is 17.7 Å². The monoisotopic (exact) mass is 273 g/mol. The van der Waals surface area contributed by atoms with Crippen molar-refractivity contribution in [3.63, 3.8) is 0 Å². The number of thioether (sulfide) groups is 2. The van der Waals surface area contributed by atoms with Crippen LogP contribution in [0.4, 0.5) is 0 Å². The van der Waals surface area contributed by atoms with E-state index >= 15 is 0 Å². The number of benzene rings is 1. The lowest BCUT2D eigenvalue weighted by Gasteiger charge is -2.32. The largest absolute Gasteiger partial charge is 0.323 e. The van der Waals surface area contributed by atoms with Crippen LogP contribution < -0.4 is 5.73 Å². The molecule has 16 heavy (non-hydrogen) atoms. The quantitative estimate of drug-likeness (QED) is 0.892. The fourth-order valence-corrected chi connectivity index (χ4v) is 5.03. The van der Waals surface area contributed by atoms with Gasteiger partial charge in [-0.1, -0.05) is 30.7 Å². The normalized spacial score (nSPS) is 27.7. The molecular weight excluding hydrogens is 258 g/mol. The van der Waals surface area contributed by atoms with E-state index in [0.29, 0.717) is 10.5 Å². The number of nitrogens with two attached hydrogens (primary N) is 1. The van der Waals surface area contributed by atoms with Gasteiger partial charge in [-0.15, -0.1) is 0 Å². The molecule has 0 amide bonds. The van der Waals surface area contributed by atoms with E-state index in [1.54, 1.807) is 0 Å². The van der Waals surface area contributed by atoms with Crippen molar-refractivity contribution in [1.82, 2.24) is 0 Å². The van der Waals surface area contributed by atoms with Crippen molar-refractivity contribution >= 4 is 35.1 Å². The molecule has 3 atom stereocenters. The van der Waals surface area contributed by atoms with Crippen molar-refractivity contribution < 1.29 is 0 Å². The third-order valence-electron chi connectivity index (χ3n) is 2.82. The van der Waals surface area contributed by atoms with Gasteiger partial charge in [0, 0.05) is 33.1 Å². The summed E-state index contributed by atoms with van der Waals surface area (Å²) in [6.07, 6.45) is 0. The van der Waals surface area contributed by atoms with Gasteiger partial charge in [-0.2, -0.15) is 23.5 Å². The summed E-state index contributed by atoms with van der Waals surface area (Å²) < 4.78 is 0. The topological polar surface area (TPSA) is 26.0 Å². The van der Waals surface area contributed by atoms with Crippen LogP contribution in [0.15, 0.2) is 24.3 Å². The first-order chi connectivity index (χ1) is 7.68. The second-order valence-corrected chi connectivity index (χ2v) is 7.20. The van der Waals surface area contributed by atoms with Crippen LogP contribution in [0.3, 0.4) is 0 Å². The molecule has 0 aromatic heterocycles. The maximum Gasteiger partial charge on any atom is 0.0426 e. The van der Waals surface area contributed by atoms with E-state index in [4.69, 9.17) is 17.3 Å². The van der Waals surface area contributed by atoms with Gasteiger partial charge in [0.2, 0.25) is 0 Å². The molecule has 0 radical (unpaired) electrons. The standard InChI is InChI=1S/C12H16ClNS2/c1-8-12(16-6-5-15-8)11(14)9-3-2-4-10(13)7-9/h2-4,7-8,11-12H,5-6,14H2,1H3. The smallest absolute Gasteiger partial charge is 0.0426 e. The van der Waals surface area contributed by atoms with E-state index in [1.807, 2.05) is 41.7 Å². The SMILES string of the molecule is CC1SCCSC1C(N)c1cccc(Cl)c1. The van der Waals surface area contributed by atoms with Crippen molar-refractivity contribution in [1.29, 1.82) is 0 Å². The highest BCUT2D eigenvalue weighted by Gasteiger charge is 2.28. The summed E-state index contributed by atoms with van der Waals surface area (Å²) in [7, 11) is 0. The van der Waals surface area contributed by atoms with E-state index in [2.05, 4.69) is 13.0 Å². The minimum atomic E-state index is 0.0894. The Bertz CT molecular complexity index is 359. The molecule has 4 heteroatoms. The van der Waals surface area contributed by atoms with Crippen molar-refractivity contribution in [2.75, 3.05) is 11.5 Å². The molecule has 2 rings (SSSR count). The van der Waals surface area contributed by atoms with Gasteiger partial charge in [-0.25, -0.2) is 0 Å². The maximum absolute atomic E-state index is 6.34. The van der Waals surface area contributed by atoms with Crippen LogP contribution >= 0.6 is 35.1 Å². The van der Waals surface area contributed by atoms with Gasteiger partial charge in [0.25, 0.3) is 0 Å².